The minimum Gasteiger partial charge on any atom is -0.393 e. The van der Waals surface area contributed by atoms with Gasteiger partial charge in [0.15, 0.2) is 0 Å². The molecule has 2 unspecified atom stereocenters. The summed E-state index contributed by atoms with van der Waals surface area (Å²) >= 11 is 4.95. The maximum Gasteiger partial charge on any atom is 0.212 e. The van der Waals surface area contributed by atoms with E-state index in [0.29, 0.717) is 4.99 Å². The first-order valence-corrected chi connectivity index (χ1v) is 7.67. The molecule has 0 aromatic rings. The second-order valence-corrected chi connectivity index (χ2v) is 7.11. The van der Waals surface area contributed by atoms with Crippen LogP contribution in [0.1, 0.15) is 33.1 Å². The predicted octanol–water partition coefficient (Wildman–Crippen LogP) is 1.02. The highest BCUT2D eigenvalue weighted by molar-refractivity contribution is 7.89. The van der Waals surface area contributed by atoms with Crippen LogP contribution in [0.25, 0.3) is 0 Å². The minimum atomic E-state index is -3.20. The number of sulfonamides is 1. The zero-order valence-electron chi connectivity index (χ0n) is 9.77. The highest BCUT2D eigenvalue weighted by Gasteiger charge is 2.32. The van der Waals surface area contributed by atoms with Gasteiger partial charge in [-0.05, 0) is 18.8 Å². The lowest BCUT2D eigenvalue weighted by Gasteiger charge is -2.20. The van der Waals surface area contributed by atoms with Crippen molar-refractivity contribution in [2.75, 3.05) is 5.75 Å². The molecule has 0 aromatic carbocycles. The Morgan fingerprint density at radius 3 is 2.62 bits per heavy atom. The number of hydrogen-bond donors (Lipinski definition) is 2. The fourth-order valence-electron chi connectivity index (χ4n) is 2.16. The largest absolute Gasteiger partial charge is 0.393 e. The molecule has 94 valence electrons. The molecule has 0 saturated heterocycles. The first kappa shape index (κ1) is 13.9. The van der Waals surface area contributed by atoms with Crippen LogP contribution < -0.4 is 10.5 Å². The lowest BCUT2D eigenvalue weighted by Crippen LogP contribution is -2.43. The normalized spacial score (nSPS) is 26.2. The number of nitrogens with one attached hydrogen (secondary N) is 1. The van der Waals surface area contributed by atoms with Gasteiger partial charge >= 0.3 is 0 Å². The molecule has 0 bridgehead atoms. The summed E-state index contributed by atoms with van der Waals surface area (Å²) in [7, 11) is -3.20. The number of hydrogen-bond acceptors (Lipinski definition) is 3. The maximum atomic E-state index is 11.8. The van der Waals surface area contributed by atoms with Gasteiger partial charge in [0.05, 0.1) is 10.7 Å². The molecule has 4 nitrogen and oxygen atoms in total. The van der Waals surface area contributed by atoms with Crippen molar-refractivity contribution in [2.45, 2.75) is 39.2 Å². The Balaban J connectivity index is 2.63. The van der Waals surface area contributed by atoms with Crippen molar-refractivity contribution < 1.29 is 8.42 Å². The van der Waals surface area contributed by atoms with E-state index in [-0.39, 0.29) is 23.6 Å². The first-order chi connectivity index (χ1) is 7.32. The second-order valence-electron chi connectivity index (χ2n) is 4.84. The summed E-state index contributed by atoms with van der Waals surface area (Å²) in [4.78, 5) is 0.426. The van der Waals surface area contributed by atoms with E-state index in [2.05, 4.69) is 4.72 Å². The molecule has 0 heterocycles. The average Bonchev–Trinajstić information content (AvgIpc) is 2.48. The van der Waals surface area contributed by atoms with E-state index < -0.39 is 10.0 Å². The van der Waals surface area contributed by atoms with Crippen LogP contribution in [0.3, 0.4) is 0 Å². The molecule has 1 fully saturated rings. The number of thiocarbonyl (C=S) groups is 1. The second kappa shape index (κ2) is 5.42. The Hall–Kier alpha value is -0.200. The van der Waals surface area contributed by atoms with E-state index in [9.17, 15) is 8.42 Å². The van der Waals surface area contributed by atoms with Gasteiger partial charge in [-0.2, -0.15) is 0 Å². The topological polar surface area (TPSA) is 72.2 Å². The summed E-state index contributed by atoms with van der Waals surface area (Å²) in [6.45, 7) is 3.78. The van der Waals surface area contributed by atoms with E-state index in [1.807, 2.05) is 13.8 Å². The van der Waals surface area contributed by atoms with Gasteiger partial charge in [-0.15, -0.1) is 0 Å². The quantitative estimate of drug-likeness (QED) is 0.727. The lowest BCUT2D eigenvalue weighted by molar-refractivity contribution is 0.518. The van der Waals surface area contributed by atoms with Gasteiger partial charge < -0.3 is 5.73 Å². The van der Waals surface area contributed by atoms with Crippen LogP contribution in [0, 0.1) is 11.8 Å². The predicted molar refractivity (Wildman–Crippen MR) is 69.7 cm³/mol. The van der Waals surface area contributed by atoms with Gasteiger partial charge in [0.2, 0.25) is 10.0 Å². The van der Waals surface area contributed by atoms with Gasteiger partial charge in [-0.1, -0.05) is 32.5 Å². The molecule has 6 heteroatoms. The molecule has 1 saturated carbocycles. The molecule has 1 aliphatic rings. The van der Waals surface area contributed by atoms with Crippen molar-refractivity contribution in [3.63, 3.8) is 0 Å². The summed E-state index contributed by atoms with van der Waals surface area (Å²) in [5, 5.41) is 0. The zero-order valence-corrected chi connectivity index (χ0v) is 11.4. The standard InChI is InChI=1S/C10H20N2O2S2/c1-7(2)6-16(13,14)12-9-5-3-4-8(9)10(11)15/h7-9,12H,3-6H2,1-2H3,(H2,11,15). The summed E-state index contributed by atoms with van der Waals surface area (Å²) in [6, 6.07) is -0.0961. The Morgan fingerprint density at radius 1 is 1.50 bits per heavy atom. The molecular weight excluding hydrogens is 244 g/mol. The van der Waals surface area contributed by atoms with Crippen LogP contribution in [0.4, 0.5) is 0 Å². The molecule has 2 atom stereocenters. The molecule has 0 aromatic heterocycles. The van der Waals surface area contributed by atoms with Crippen molar-refractivity contribution in [1.29, 1.82) is 0 Å². The number of rotatable bonds is 5. The monoisotopic (exact) mass is 264 g/mol. The fraction of sp³-hybridized carbons (Fsp3) is 0.900. The van der Waals surface area contributed by atoms with Crippen molar-refractivity contribution in [2.24, 2.45) is 17.6 Å². The van der Waals surface area contributed by atoms with Crippen LogP contribution >= 0.6 is 12.2 Å². The van der Waals surface area contributed by atoms with Gasteiger partial charge in [-0.25, -0.2) is 13.1 Å². The van der Waals surface area contributed by atoms with E-state index >= 15 is 0 Å². The molecule has 0 radical (unpaired) electrons. The van der Waals surface area contributed by atoms with Crippen molar-refractivity contribution in [1.82, 2.24) is 4.72 Å². The zero-order chi connectivity index (χ0) is 12.3. The highest BCUT2D eigenvalue weighted by Crippen LogP contribution is 2.26. The van der Waals surface area contributed by atoms with Crippen LogP contribution in [0.2, 0.25) is 0 Å². The molecule has 1 aliphatic carbocycles. The van der Waals surface area contributed by atoms with Crippen molar-refractivity contribution in [3.05, 3.63) is 0 Å². The molecule has 0 aliphatic heterocycles. The van der Waals surface area contributed by atoms with Gasteiger partial charge in [0, 0.05) is 12.0 Å². The first-order valence-electron chi connectivity index (χ1n) is 5.61. The van der Waals surface area contributed by atoms with Crippen LogP contribution in [0.15, 0.2) is 0 Å². The fourth-order valence-corrected chi connectivity index (χ4v) is 4.16. The minimum absolute atomic E-state index is 0.0249. The molecular formula is C10H20N2O2S2. The van der Waals surface area contributed by atoms with Crippen LogP contribution in [-0.2, 0) is 10.0 Å². The van der Waals surface area contributed by atoms with Gasteiger partial charge in [0.25, 0.3) is 0 Å². The average molecular weight is 264 g/mol. The van der Waals surface area contributed by atoms with Crippen molar-refractivity contribution in [3.8, 4) is 0 Å². The summed E-state index contributed by atoms with van der Waals surface area (Å²) < 4.78 is 26.3. The smallest absolute Gasteiger partial charge is 0.212 e. The van der Waals surface area contributed by atoms with E-state index in [4.69, 9.17) is 18.0 Å². The maximum absolute atomic E-state index is 11.8. The third kappa shape index (κ3) is 3.99. The summed E-state index contributed by atoms with van der Waals surface area (Å²) in [5.41, 5.74) is 5.60. The Kier molecular flexibility index (Phi) is 4.70. The molecule has 3 N–H and O–H groups in total. The van der Waals surface area contributed by atoms with Gasteiger partial charge in [0.1, 0.15) is 0 Å². The SMILES string of the molecule is CC(C)CS(=O)(=O)NC1CCCC1C(N)=S. The highest BCUT2D eigenvalue weighted by atomic mass is 32.2. The Bertz CT molecular complexity index is 352. The van der Waals surface area contributed by atoms with Gasteiger partial charge in [-0.3, -0.25) is 0 Å². The van der Waals surface area contributed by atoms with Crippen LogP contribution in [0.5, 0.6) is 0 Å². The Morgan fingerprint density at radius 2 is 2.12 bits per heavy atom. The van der Waals surface area contributed by atoms with Crippen molar-refractivity contribution >= 4 is 27.2 Å². The third-order valence-electron chi connectivity index (χ3n) is 2.77. The lowest BCUT2D eigenvalue weighted by atomic mass is 10.1. The number of nitrogens with two attached hydrogens (primary N) is 1. The Labute approximate surface area is 103 Å². The molecule has 1 rings (SSSR count). The summed E-state index contributed by atoms with van der Waals surface area (Å²) in [5.74, 6) is 0.312. The summed E-state index contributed by atoms with van der Waals surface area (Å²) in [6.07, 6.45) is 2.71. The van der Waals surface area contributed by atoms with E-state index in [1.165, 1.54) is 0 Å². The molecule has 0 amide bonds. The van der Waals surface area contributed by atoms with E-state index in [1.54, 1.807) is 0 Å². The third-order valence-corrected chi connectivity index (χ3v) is 4.84. The van der Waals surface area contributed by atoms with Crippen LogP contribution in [-0.4, -0.2) is 25.2 Å². The van der Waals surface area contributed by atoms with E-state index in [0.717, 1.165) is 19.3 Å². The molecule has 0 spiro atoms. The molecule has 16 heavy (non-hydrogen) atoms.